The molecule has 8 heteroatoms. The number of halogens is 3. The van der Waals surface area contributed by atoms with E-state index in [2.05, 4.69) is 10.6 Å². The smallest absolute Gasteiger partial charge is 0.239 e. The summed E-state index contributed by atoms with van der Waals surface area (Å²) < 4.78 is 5.21. The summed E-state index contributed by atoms with van der Waals surface area (Å²) in [7, 11) is 0. The van der Waals surface area contributed by atoms with Gasteiger partial charge in [0.1, 0.15) is 6.04 Å². The van der Waals surface area contributed by atoms with Crippen LogP contribution in [0.15, 0.2) is 18.2 Å². The number of ether oxygens (including phenoxy) is 1. The topological polar surface area (TPSA) is 70.6 Å². The van der Waals surface area contributed by atoms with E-state index in [0.717, 1.165) is 0 Å². The molecule has 1 saturated heterocycles. The van der Waals surface area contributed by atoms with Crippen molar-refractivity contribution in [3.63, 3.8) is 0 Å². The van der Waals surface area contributed by atoms with Gasteiger partial charge in [0.2, 0.25) is 5.91 Å². The molecule has 2 atom stereocenters. The number of hydrogen-bond donors (Lipinski definition) is 3. The van der Waals surface area contributed by atoms with Crippen LogP contribution in [-0.4, -0.2) is 43.4 Å². The zero-order valence-electron chi connectivity index (χ0n) is 11.1. The molecule has 21 heavy (non-hydrogen) atoms. The summed E-state index contributed by atoms with van der Waals surface area (Å²) in [6, 6.07) is 4.44. The summed E-state index contributed by atoms with van der Waals surface area (Å²) in [4.78, 5) is 11.9. The first-order chi connectivity index (χ1) is 9.56. The Balaban J connectivity index is 0.00000220. The van der Waals surface area contributed by atoms with Gasteiger partial charge in [-0.15, -0.1) is 12.4 Å². The second kappa shape index (κ2) is 8.78. The standard InChI is InChI=1S/C13H16Cl2N2O3.ClH/c14-9-3-8(4-10(15)5-9)12(18)6-17-13(19)11-7-20-2-1-16-11;/h3-5,11-12,16,18H,1-2,6-7H2,(H,17,19);1H. The minimum atomic E-state index is -0.861. The molecule has 2 rings (SSSR count). The molecule has 1 fully saturated rings. The van der Waals surface area contributed by atoms with Gasteiger partial charge in [0, 0.05) is 23.1 Å². The normalized spacial score (nSPS) is 19.5. The fraction of sp³-hybridized carbons (Fsp3) is 0.462. The molecule has 2 unspecified atom stereocenters. The summed E-state index contributed by atoms with van der Waals surface area (Å²) in [5.74, 6) is -0.197. The van der Waals surface area contributed by atoms with Gasteiger partial charge in [-0.3, -0.25) is 4.79 Å². The Hall–Kier alpha value is -0.560. The van der Waals surface area contributed by atoms with E-state index < -0.39 is 6.10 Å². The van der Waals surface area contributed by atoms with Crippen molar-refractivity contribution in [3.05, 3.63) is 33.8 Å². The van der Waals surface area contributed by atoms with Gasteiger partial charge < -0.3 is 20.5 Å². The molecule has 1 aromatic carbocycles. The Morgan fingerprint density at radius 2 is 2.10 bits per heavy atom. The average Bonchev–Trinajstić information content (AvgIpc) is 2.44. The van der Waals surface area contributed by atoms with Crippen molar-refractivity contribution < 1.29 is 14.6 Å². The number of morpholine rings is 1. The number of carbonyl (C=O) groups is 1. The van der Waals surface area contributed by atoms with E-state index >= 15 is 0 Å². The van der Waals surface area contributed by atoms with Crippen LogP contribution in [0.2, 0.25) is 10.0 Å². The van der Waals surface area contributed by atoms with Gasteiger partial charge in [-0.05, 0) is 23.8 Å². The summed E-state index contributed by atoms with van der Waals surface area (Å²) >= 11 is 11.7. The van der Waals surface area contributed by atoms with Crippen molar-refractivity contribution in [2.45, 2.75) is 12.1 Å². The van der Waals surface area contributed by atoms with Crippen LogP contribution in [0.5, 0.6) is 0 Å². The second-order valence-corrected chi connectivity index (χ2v) is 5.42. The van der Waals surface area contributed by atoms with Crippen molar-refractivity contribution in [2.24, 2.45) is 0 Å². The third kappa shape index (κ3) is 5.62. The molecular weight excluding hydrogens is 339 g/mol. The molecule has 1 aliphatic rings. The van der Waals surface area contributed by atoms with Crippen molar-refractivity contribution >= 4 is 41.5 Å². The zero-order valence-corrected chi connectivity index (χ0v) is 13.5. The number of hydrogen-bond acceptors (Lipinski definition) is 4. The predicted octanol–water partition coefficient (Wildman–Crippen LogP) is 1.55. The number of benzene rings is 1. The third-order valence-corrected chi connectivity index (χ3v) is 3.41. The highest BCUT2D eigenvalue weighted by Gasteiger charge is 2.21. The molecule has 0 spiro atoms. The fourth-order valence-corrected chi connectivity index (χ4v) is 2.48. The lowest BCUT2D eigenvalue weighted by molar-refractivity contribution is -0.126. The Bertz CT molecular complexity index is 461. The predicted molar refractivity (Wildman–Crippen MR) is 84.3 cm³/mol. The maximum Gasteiger partial charge on any atom is 0.239 e. The molecule has 0 aliphatic carbocycles. The molecular formula is C13H17Cl3N2O3. The van der Waals surface area contributed by atoms with Gasteiger partial charge in [-0.2, -0.15) is 0 Å². The molecule has 0 aromatic heterocycles. The quantitative estimate of drug-likeness (QED) is 0.766. The van der Waals surface area contributed by atoms with Crippen molar-refractivity contribution in [1.82, 2.24) is 10.6 Å². The highest BCUT2D eigenvalue weighted by atomic mass is 35.5. The molecule has 1 amide bonds. The largest absolute Gasteiger partial charge is 0.387 e. The van der Waals surface area contributed by atoms with Crippen molar-refractivity contribution in [1.29, 1.82) is 0 Å². The van der Waals surface area contributed by atoms with Crippen LogP contribution >= 0.6 is 35.6 Å². The van der Waals surface area contributed by atoms with Crippen LogP contribution in [0.3, 0.4) is 0 Å². The Labute approximate surface area is 139 Å². The van der Waals surface area contributed by atoms with E-state index in [-0.39, 0.29) is 30.9 Å². The molecule has 118 valence electrons. The Kier molecular flexibility index (Phi) is 7.73. The fourth-order valence-electron chi connectivity index (χ4n) is 1.94. The first-order valence-electron chi connectivity index (χ1n) is 6.29. The molecule has 1 aliphatic heterocycles. The number of aliphatic hydroxyl groups excluding tert-OH is 1. The van der Waals surface area contributed by atoms with Crippen LogP contribution in [0.1, 0.15) is 11.7 Å². The summed E-state index contributed by atoms with van der Waals surface area (Å²) in [5, 5.41) is 16.6. The van der Waals surface area contributed by atoms with E-state index in [4.69, 9.17) is 27.9 Å². The van der Waals surface area contributed by atoms with Crippen LogP contribution in [0.4, 0.5) is 0 Å². The van der Waals surface area contributed by atoms with Crippen molar-refractivity contribution in [2.75, 3.05) is 26.3 Å². The van der Waals surface area contributed by atoms with Crippen LogP contribution in [0, 0.1) is 0 Å². The number of amides is 1. The highest BCUT2D eigenvalue weighted by Crippen LogP contribution is 2.23. The lowest BCUT2D eigenvalue weighted by atomic mass is 10.1. The van der Waals surface area contributed by atoms with E-state index in [1.807, 2.05) is 0 Å². The molecule has 3 N–H and O–H groups in total. The average molecular weight is 356 g/mol. The van der Waals surface area contributed by atoms with E-state index in [1.54, 1.807) is 18.2 Å². The van der Waals surface area contributed by atoms with Gasteiger partial charge in [0.25, 0.3) is 0 Å². The SMILES string of the molecule is Cl.O=C(NCC(O)c1cc(Cl)cc(Cl)c1)C1COCCN1. The zero-order chi connectivity index (χ0) is 14.5. The van der Waals surface area contributed by atoms with Gasteiger partial charge in [-0.1, -0.05) is 23.2 Å². The first-order valence-corrected chi connectivity index (χ1v) is 7.05. The number of rotatable bonds is 4. The molecule has 1 aromatic rings. The summed E-state index contributed by atoms with van der Waals surface area (Å²) in [6.45, 7) is 1.68. The minimum absolute atomic E-state index is 0. The van der Waals surface area contributed by atoms with Crippen molar-refractivity contribution in [3.8, 4) is 0 Å². The maximum atomic E-state index is 11.9. The van der Waals surface area contributed by atoms with Crippen LogP contribution < -0.4 is 10.6 Å². The van der Waals surface area contributed by atoms with E-state index in [9.17, 15) is 9.90 Å². The van der Waals surface area contributed by atoms with Gasteiger partial charge in [-0.25, -0.2) is 0 Å². The number of carbonyl (C=O) groups excluding carboxylic acids is 1. The van der Waals surface area contributed by atoms with Gasteiger partial charge >= 0.3 is 0 Å². The van der Waals surface area contributed by atoms with Gasteiger partial charge in [0.05, 0.1) is 19.3 Å². The summed E-state index contributed by atoms with van der Waals surface area (Å²) in [6.07, 6.45) is -0.861. The van der Waals surface area contributed by atoms with E-state index in [1.165, 1.54) is 0 Å². The Morgan fingerprint density at radius 3 is 2.67 bits per heavy atom. The lowest BCUT2D eigenvalue weighted by Crippen LogP contribution is -2.51. The number of aliphatic hydroxyl groups is 1. The lowest BCUT2D eigenvalue weighted by Gasteiger charge is -2.23. The Morgan fingerprint density at radius 1 is 1.43 bits per heavy atom. The molecule has 1 heterocycles. The van der Waals surface area contributed by atoms with E-state index in [0.29, 0.717) is 35.4 Å². The summed E-state index contributed by atoms with van der Waals surface area (Å²) in [5.41, 5.74) is 0.565. The monoisotopic (exact) mass is 354 g/mol. The molecule has 0 saturated carbocycles. The third-order valence-electron chi connectivity index (χ3n) is 2.98. The minimum Gasteiger partial charge on any atom is -0.387 e. The maximum absolute atomic E-state index is 11.9. The molecule has 0 bridgehead atoms. The first kappa shape index (κ1) is 18.5. The van der Waals surface area contributed by atoms with Crippen LogP contribution in [0.25, 0.3) is 0 Å². The molecule has 0 radical (unpaired) electrons. The highest BCUT2D eigenvalue weighted by molar-refractivity contribution is 6.34. The second-order valence-electron chi connectivity index (χ2n) is 4.55. The van der Waals surface area contributed by atoms with Crippen LogP contribution in [-0.2, 0) is 9.53 Å². The van der Waals surface area contributed by atoms with Gasteiger partial charge in [0.15, 0.2) is 0 Å². The molecule has 5 nitrogen and oxygen atoms in total. The number of nitrogens with one attached hydrogen (secondary N) is 2.